The highest BCUT2D eigenvalue weighted by Gasteiger charge is 2.31. The second-order valence-corrected chi connectivity index (χ2v) is 7.51. The Balaban J connectivity index is 1.47. The monoisotopic (exact) mass is 450 g/mol. The molecule has 1 aromatic carbocycles. The molecule has 4 rings (SSSR count). The quantitative estimate of drug-likeness (QED) is 0.645. The van der Waals surface area contributed by atoms with Crippen molar-refractivity contribution >= 4 is 11.3 Å². The number of aryl methyl sites for hydroxylation is 1. The van der Waals surface area contributed by atoms with Crippen molar-refractivity contribution in [3.05, 3.63) is 60.3 Å². The molecular formula is C22H25F3N4O3. The van der Waals surface area contributed by atoms with Gasteiger partial charge in [0.25, 0.3) is 0 Å². The maximum atomic E-state index is 12.4. The number of hydrogen-bond donors (Lipinski definition) is 0. The Bertz CT molecular complexity index is 964. The predicted molar refractivity (Wildman–Crippen MR) is 113 cm³/mol. The fourth-order valence-corrected chi connectivity index (χ4v) is 3.61. The molecule has 10 heteroatoms. The standard InChI is InChI=1S/C22H25F3N4O3/c1-27-15-17(14-26-27)20-16-29(18-2-4-19(5-3-18)32-22(23,24)25)7-6-21(20)31-13-10-28-8-11-30-12-9-28/h2-6,14-16H,7-13H2,1H3. The average Bonchev–Trinajstić information content (AvgIpc) is 3.20. The molecule has 1 aromatic heterocycles. The maximum Gasteiger partial charge on any atom is 0.573 e. The summed E-state index contributed by atoms with van der Waals surface area (Å²) in [7, 11) is 1.84. The van der Waals surface area contributed by atoms with Crippen LogP contribution < -0.4 is 9.64 Å². The van der Waals surface area contributed by atoms with Gasteiger partial charge in [-0.3, -0.25) is 9.58 Å². The third-order valence-corrected chi connectivity index (χ3v) is 5.21. The Labute approximate surface area is 184 Å². The predicted octanol–water partition coefficient (Wildman–Crippen LogP) is 3.41. The molecule has 2 aliphatic heterocycles. The van der Waals surface area contributed by atoms with Crippen LogP contribution in [-0.4, -0.2) is 67.0 Å². The van der Waals surface area contributed by atoms with Crippen LogP contribution in [0.15, 0.2) is 54.7 Å². The van der Waals surface area contributed by atoms with Crippen molar-refractivity contribution < 1.29 is 27.4 Å². The number of aromatic nitrogens is 2. The van der Waals surface area contributed by atoms with Gasteiger partial charge in [-0.25, -0.2) is 0 Å². The van der Waals surface area contributed by atoms with Crippen molar-refractivity contribution in [3.63, 3.8) is 0 Å². The van der Waals surface area contributed by atoms with Gasteiger partial charge >= 0.3 is 6.36 Å². The highest BCUT2D eigenvalue weighted by Crippen LogP contribution is 2.31. The lowest BCUT2D eigenvalue weighted by Crippen LogP contribution is -2.38. The lowest BCUT2D eigenvalue weighted by atomic mass is 10.1. The second-order valence-electron chi connectivity index (χ2n) is 7.51. The van der Waals surface area contributed by atoms with Gasteiger partial charge in [0, 0.05) is 62.4 Å². The van der Waals surface area contributed by atoms with E-state index in [1.165, 1.54) is 12.1 Å². The normalized spacial score (nSPS) is 17.7. The van der Waals surface area contributed by atoms with Gasteiger partial charge in [-0.2, -0.15) is 5.10 Å². The maximum absolute atomic E-state index is 12.4. The minimum absolute atomic E-state index is 0.252. The van der Waals surface area contributed by atoms with Crippen LogP contribution in [0.1, 0.15) is 5.56 Å². The van der Waals surface area contributed by atoms with Gasteiger partial charge in [0.15, 0.2) is 0 Å². The third-order valence-electron chi connectivity index (χ3n) is 5.21. The molecule has 0 atom stereocenters. The van der Waals surface area contributed by atoms with Gasteiger partial charge in [-0.05, 0) is 30.3 Å². The van der Waals surface area contributed by atoms with Crippen LogP contribution in [0.5, 0.6) is 5.75 Å². The Kier molecular flexibility index (Phi) is 6.71. The number of benzene rings is 1. The number of nitrogens with zero attached hydrogens (tertiary/aromatic N) is 4. The summed E-state index contributed by atoms with van der Waals surface area (Å²) >= 11 is 0. The molecule has 32 heavy (non-hydrogen) atoms. The number of rotatable bonds is 7. The molecule has 172 valence electrons. The molecule has 0 spiro atoms. The molecule has 0 aliphatic carbocycles. The van der Waals surface area contributed by atoms with Crippen LogP contribution >= 0.6 is 0 Å². The van der Waals surface area contributed by atoms with E-state index < -0.39 is 6.36 Å². The van der Waals surface area contributed by atoms with Gasteiger partial charge in [0.05, 0.1) is 19.4 Å². The van der Waals surface area contributed by atoms with E-state index in [9.17, 15) is 13.2 Å². The van der Waals surface area contributed by atoms with Gasteiger partial charge in [0.1, 0.15) is 18.1 Å². The summed E-state index contributed by atoms with van der Waals surface area (Å²) in [6.07, 6.45) is 2.85. The highest BCUT2D eigenvalue weighted by atomic mass is 19.4. The summed E-state index contributed by atoms with van der Waals surface area (Å²) in [4.78, 5) is 4.24. The topological polar surface area (TPSA) is 52.0 Å². The second kappa shape index (κ2) is 9.66. The molecule has 0 unspecified atom stereocenters. The van der Waals surface area contributed by atoms with E-state index in [1.54, 1.807) is 23.0 Å². The van der Waals surface area contributed by atoms with Crippen LogP contribution in [0, 0.1) is 0 Å². The summed E-state index contributed by atoms with van der Waals surface area (Å²) in [6, 6.07) is 5.80. The molecule has 2 aromatic rings. The van der Waals surface area contributed by atoms with Crippen LogP contribution in [0.2, 0.25) is 0 Å². The van der Waals surface area contributed by atoms with Crippen molar-refractivity contribution in [1.82, 2.24) is 14.7 Å². The number of morpholine rings is 1. The number of alkyl halides is 3. The SMILES string of the molecule is Cn1cc(C2=CN(c3ccc(OC(F)(F)F)cc3)CC=C2OCCN2CCOCC2)cn1. The Morgan fingerprint density at radius 3 is 2.53 bits per heavy atom. The summed E-state index contributed by atoms with van der Waals surface area (Å²) in [6.45, 7) is 5.16. The van der Waals surface area contributed by atoms with E-state index in [1.807, 2.05) is 30.4 Å². The first-order valence-electron chi connectivity index (χ1n) is 10.3. The van der Waals surface area contributed by atoms with Crippen molar-refractivity contribution in [1.29, 1.82) is 0 Å². The fraction of sp³-hybridized carbons (Fsp3) is 0.409. The summed E-state index contributed by atoms with van der Waals surface area (Å²) in [5, 5.41) is 4.25. The zero-order valence-electron chi connectivity index (χ0n) is 17.7. The number of hydrogen-bond acceptors (Lipinski definition) is 6. The number of allylic oxidation sites excluding steroid dienone is 1. The molecule has 0 bridgehead atoms. The third kappa shape index (κ3) is 5.83. The highest BCUT2D eigenvalue weighted by molar-refractivity contribution is 5.80. The van der Waals surface area contributed by atoms with Crippen LogP contribution in [0.25, 0.3) is 5.57 Å². The van der Waals surface area contributed by atoms with Gasteiger partial charge in [0.2, 0.25) is 0 Å². The first-order chi connectivity index (χ1) is 15.4. The number of anilines is 1. The molecule has 7 nitrogen and oxygen atoms in total. The number of halogens is 3. The largest absolute Gasteiger partial charge is 0.573 e. The van der Waals surface area contributed by atoms with Crippen molar-refractivity contribution in [2.45, 2.75) is 6.36 Å². The summed E-state index contributed by atoms with van der Waals surface area (Å²) < 4.78 is 54.4. The van der Waals surface area contributed by atoms with E-state index in [4.69, 9.17) is 9.47 Å². The lowest BCUT2D eigenvalue weighted by Gasteiger charge is -2.29. The molecule has 0 radical (unpaired) electrons. The van der Waals surface area contributed by atoms with E-state index >= 15 is 0 Å². The average molecular weight is 450 g/mol. The fourth-order valence-electron chi connectivity index (χ4n) is 3.61. The first-order valence-corrected chi connectivity index (χ1v) is 10.3. The minimum Gasteiger partial charge on any atom is -0.492 e. The van der Waals surface area contributed by atoms with Crippen molar-refractivity contribution in [3.8, 4) is 5.75 Å². The first kappa shape index (κ1) is 22.2. The van der Waals surface area contributed by atoms with Gasteiger partial charge in [-0.1, -0.05) is 0 Å². The molecule has 0 saturated carbocycles. The summed E-state index contributed by atoms with van der Waals surface area (Å²) in [5.74, 6) is 0.511. The van der Waals surface area contributed by atoms with Crippen LogP contribution in [-0.2, 0) is 16.5 Å². The molecule has 1 fully saturated rings. The van der Waals surface area contributed by atoms with Crippen molar-refractivity contribution in [2.24, 2.45) is 7.05 Å². The van der Waals surface area contributed by atoms with E-state index in [-0.39, 0.29) is 5.75 Å². The van der Waals surface area contributed by atoms with E-state index in [2.05, 4.69) is 14.7 Å². The molecule has 1 saturated heterocycles. The molecule has 0 N–H and O–H groups in total. The van der Waals surface area contributed by atoms with Crippen LogP contribution in [0.4, 0.5) is 18.9 Å². The summed E-state index contributed by atoms with van der Waals surface area (Å²) in [5.41, 5.74) is 2.50. The zero-order chi connectivity index (χ0) is 22.6. The Morgan fingerprint density at radius 2 is 1.88 bits per heavy atom. The Hall–Kier alpha value is -2.98. The van der Waals surface area contributed by atoms with E-state index in [0.29, 0.717) is 13.2 Å². The van der Waals surface area contributed by atoms with Gasteiger partial charge in [-0.15, -0.1) is 13.2 Å². The lowest BCUT2D eigenvalue weighted by molar-refractivity contribution is -0.274. The minimum atomic E-state index is -4.71. The molecule has 2 aliphatic rings. The smallest absolute Gasteiger partial charge is 0.492 e. The molecule has 3 heterocycles. The van der Waals surface area contributed by atoms with E-state index in [0.717, 1.165) is 55.4 Å². The Morgan fingerprint density at radius 1 is 1.12 bits per heavy atom. The molecular weight excluding hydrogens is 425 g/mol. The van der Waals surface area contributed by atoms with Gasteiger partial charge < -0.3 is 19.1 Å². The molecule has 0 amide bonds. The van der Waals surface area contributed by atoms with Crippen molar-refractivity contribution in [2.75, 3.05) is 50.9 Å². The van der Waals surface area contributed by atoms with Crippen LogP contribution in [0.3, 0.4) is 0 Å². The number of ether oxygens (including phenoxy) is 3. The zero-order valence-corrected chi connectivity index (χ0v) is 17.7.